The molecule has 0 saturated carbocycles. The maximum absolute atomic E-state index is 13.7. The van der Waals surface area contributed by atoms with Crippen LogP contribution >= 0.6 is 0 Å². The first-order valence-electron chi connectivity index (χ1n) is 10.1. The molecule has 0 spiro atoms. The Morgan fingerprint density at radius 1 is 0.867 bits per heavy atom. The lowest BCUT2D eigenvalue weighted by atomic mass is 9.83. The quantitative estimate of drug-likeness (QED) is 0.603. The fourth-order valence-electron chi connectivity index (χ4n) is 3.91. The van der Waals surface area contributed by atoms with Crippen LogP contribution in [-0.4, -0.2) is 23.4 Å². The van der Waals surface area contributed by atoms with Crippen molar-refractivity contribution in [3.05, 3.63) is 102 Å². The van der Waals surface area contributed by atoms with Gasteiger partial charge in [0.2, 0.25) is 0 Å². The number of benzene rings is 3. The number of urea groups is 1. The number of amides is 3. The number of nitrogens with zero attached hydrogens (tertiary/aromatic N) is 1. The lowest BCUT2D eigenvalue weighted by Crippen LogP contribution is -2.46. The molecule has 1 fully saturated rings. The standard InChI is InChI=1S/C25H24N2O3/c1-2-30-22-16-10-9-13-20(22)18-27-23(28)25(26-24(27)29,21-14-7-4-8-15-21)17-19-11-5-3-6-12-19/h3-16H,2,17-18H2,1H3,(H,26,29)/t25-/m0/s1. The van der Waals surface area contributed by atoms with Gasteiger partial charge in [0, 0.05) is 12.0 Å². The first kappa shape index (κ1) is 19.7. The van der Waals surface area contributed by atoms with Gasteiger partial charge in [0.25, 0.3) is 5.91 Å². The van der Waals surface area contributed by atoms with Crippen molar-refractivity contribution in [2.45, 2.75) is 25.4 Å². The van der Waals surface area contributed by atoms with Crippen molar-refractivity contribution < 1.29 is 14.3 Å². The number of imide groups is 1. The average molecular weight is 400 g/mol. The van der Waals surface area contributed by atoms with Crippen molar-refractivity contribution in [1.29, 1.82) is 0 Å². The molecule has 5 nitrogen and oxygen atoms in total. The molecule has 0 aliphatic carbocycles. The molecule has 0 radical (unpaired) electrons. The summed E-state index contributed by atoms with van der Waals surface area (Å²) in [7, 11) is 0. The van der Waals surface area contributed by atoms with Gasteiger partial charge in [0.15, 0.2) is 5.54 Å². The van der Waals surface area contributed by atoms with Crippen molar-refractivity contribution in [2.75, 3.05) is 6.61 Å². The highest BCUT2D eigenvalue weighted by molar-refractivity contribution is 6.07. The summed E-state index contributed by atoms with van der Waals surface area (Å²) in [5, 5.41) is 3.00. The lowest BCUT2D eigenvalue weighted by Gasteiger charge is -2.27. The normalized spacial score (nSPS) is 18.4. The fourth-order valence-corrected chi connectivity index (χ4v) is 3.91. The number of nitrogens with one attached hydrogen (secondary N) is 1. The second kappa shape index (κ2) is 8.41. The Kier molecular flexibility index (Phi) is 5.53. The third kappa shape index (κ3) is 3.66. The van der Waals surface area contributed by atoms with Crippen LogP contribution in [0.25, 0.3) is 0 Å². The Hall–Kier alpha value is -3.60. The SMILES string of the molecule is CCOc1ccccc1CN1C(=O)N[C@@](Cc2ccccc2)(c2ccccc2)C1=O. The number of carbonyl (C=O) groups is 2. The minimum atomic E-state index is -1.14. The van der Waals surface area contributed by atoms with E-state index in [1.54, 1.807) is 0 Å². The van der Waals surface area contributed by atoms with Crippen LogP contribution in [0.1, 0.15) is 23.6 Å². The molecule has 1 heterocycles. The molecule has 5 heteroatoms. The van der Waals surface area contributed by atoms with Crippen molar-refractivity contribution >= 4 is 11.9 Å². The predicted molar refractivity (Wildman–Crippen MR) is 115 cm³/mol. The van der Waals surface area contributed by atoms with Gasteiger partial charge in [-0.2, -0.15) is 0 Å². The van der Waals surface area contributed by atoms with E-state index in [4.69, 9.17) is 4.74 Å². The van der Waals surface area contributed by atoms with E-state index in [-0.39, 0.29) is 12.5 Å². The number of hydrogen-bond acceptors (Lipinski definition) is 3. The van der Waals surface area contributed by atoms with Crippen LogP contribution in [0.15, 0.2) is 84.9 Å². The molecule has 1 aliphatic rings. The van der Waals surface area contributed by atoms with Gasteiger partial charge >= 0.3 is 6.03 Å². The van der Waals surface area contributed by atoms with Crippen molar-refractivity contribution in [3.63, 3.8) is 0 Å². The van der Waals surface area contributed by atoms with E-state index in [1.165, 1.54) is 4.90 Å². The lowest BCUT2D eigenvalue weighted by molar-refractivity contribution is -0.132. The predicted octanol–water partition coefficient (Wildman–Crippen LogP) is 4.28. The van der Waals surface area contributed by atoms with Crippen LogP contribution in [0.2, 0.25) is 0 Å². The molecule has 0 unspecified atom stereocenters. The molecule has 1 N–H and O–H groups in total. The third-order valence-corrected chi connectivity index (χ3v) is 5.36. The molecule has 30 heavy (non-hydrogen) atoms. The number of ether oxygens (including phenoxy) is 1. The van der Waals surface area contributed by atoms with Crippen LogP contribution in [-0.2, 0) is 23.3 Å². The Balaban J connectivity index is 1.71. The van der Waals surface area contributed by atoms with Gasteiger partial charge in [-0.3, -0.25) is 9.69 Å². The molecule has 1 saturated heterocycles. The summed E-state index contributed by atoms with van der Waals surface area (Å²) in [6.45, 7) is 2.58. The summed E-state index contributed by atoms with van der Waals surface area (Å²) < 4.78 is 5.68. The molecule has 3 aromatic rings. The van der Waals surface area contributed by atoms with E-state index < -0.39 is 11.6 Å². The van der Waals surface area contributed by atoms with Gasteiger partial charge < -0.3 is 10.1 Å². The van der Waals surface area contributed by atoms with Gasteiger partial charge in [0.1, 0.15) is 5.75 Å². The Bertz CT molecular complexity index is 1040. The molecular weight excluding hydrogens is 376 g/mol. The molecule has 3 amide bonds. The summed E-state index contributed by atoms with van der Waals surface area (Å²) in [5.41, 5.74) is 1.41. The van der Waals surface area contributed by atoms with Crippen LogP contribution in [0.5, 0.6) is 5.75 Å². The largest absolute Gasteiger partial charge is 0.494 e. The Morgan fingerprint density at radius 3 is 2.20 bits per heavy atom. The van der Waals surface area contributed by atoms with Crippen molar-refractivity contribution in [1.82, 2.24) is 10.2 Å². The van der Waals surface area contributed by atoms with E-state index in [0.29, 0.717) is 18.8 Å². The number of carbonyl (C=O) groups excluding carboxylic acids is 2. The maximum atomic E-state index is 13.7. The molecule has 1 aliphatic heterocycles. The minimum Gasteiger partial charge on any atom is -0.494 e. The van der Waals surface area contributed by atoms with E-state index in [2.05, 4.69) is 5.32 Å². The molecule has 3 aromatic carbocycles. The van der Waals surface area contributed by atoms with Gasteiger partial charge in [-0.15, -0.1) is 0 Å². The summed E-state index contributed by atoms with van der Waals surface area (Å²) in [5.74, 6) is 0.426. The zero-order valence-electron chi connectivity index (χ0n) is 16.9. The molecule has 1 atom stereocenters. The van der Waals surface area contributed by atoms with Crippen LogP contribution in [0.4, 0.5) is 4.79 Å². The van der Waals surface area contributed by atoms with E-state index in [9.17, 15) is 9.59 Å². The molecule has 152 valence electrons. The molecule has 4 rings (SSSR count). The maximum Gasteiger partial charge on any atom is 0.325 e. The summed E-state index contributed by atoms with van der Waals surface area (Å²) in [6, 6.07) is 26.3. The van der Waals surface area contributed by atoms with E-state index in [0.717, 1.165) is 16.7 Å². The van der Waals surface area contributed by atoms with Crippen LogP contribution in [0.3, 0.4) is 0 Å². The smallest absolute Gasteiger partial charge is 0.325 e. The van der Waals surface area contributed by atoms with Crippen LogP contribution in [0, 0.1) is 0 Å². The number of hydrogen-bond donors (Lipinski definition) is 1. The summed E-state index contributed by atoms with van der Waals surface area (Å²) >= 11 is 0. The van der Waals surface area contributed by atoms with Gasteiger partial charge in [-0.1, -0.05) is 78.9 Å². The van der Waals surface area contributed by atoms with Crippen LogP contribution < -0.4 is 10.1 Å². The third-order valence-electron chi connectivity index (χ3n) is 5.36. The van der Waals surface area contributed by atoms with Gasteiger partial charge in [-0.05, 0) is 24.1 Å². The fraction of sp³-hybridized carbons (Fsp3) is 0.200. The highest BCUT2D eigenvalue weighted by Gasteiger charge is 2.52. The van der Waals surface area contributed by atoms with E-state index >= 15 is 0 Å². The van der Waals surface area contributed by atoms with E-state index in [1.807, 2.05) is 91.9 Å². The Labute approximate surface area is 176 Å². The molecular formula is C25H24N2O3. The van der Waals surface area contributed by atoms with Gasteiger partial charge in [-0.25, -0.2) is 4.79 Å². The van der Waals surface area contributed by atoms with Crippen molar-refractivity contribution in [2.24, 2.45) is 0 Å². The summed E-state index contributed by atoms with van der Waals surface area (Å²) in [6.07, 6.45) is 0.381. The second-order valence-electron chi connectivity index (χ2n) is 7.30. The average Bonchev–Trinajstić information content (AvgIpc) is 3.01. The molecule has 0 aromatic heterocycles. The number of para-hydroxylation sites is 1. The first-order chi connectivity index (χ1) is 14.6. The molecule has 0 bridgehead atoms. The Morgan fingerprint density at radius 2 is 1.50 bits per heavy atom. The number of rotatable bonds is 7. The first-order valence-corrected chi connectivity index (χ1v) is 10.1. The highest BCUT2D eigenvalue weighted by atomic mass is 16.5. The highest BCUT2D eigenvalue weighted by Crippen LogP contribution is 2.34. The topological polar surface area (TPSA) is 58.6 Å². The second-order valence-corrected chi connectivity index (χ2v) is 7.30. The zero-order chi connectivity index (χ0) is 21.0. The monoisotopic (exact) mass is 400 g/mol. The van der Waals surface area contributed by atoms with Gasteiger partial charge in [0.05, 0.1) is 13.2 Å². The zero-order valence-corrected chi connectivity index (χ0v) is 16.9. The minimum absolute atomic E-state index is 0.157. The van der Waals surface area contributed by atoms with Crippen molar-refractivity contribution in [3.8, 4) is 5.75 Å². The summed E-state index contributed by atoms with van der Waals surface area (Å²) in [4.78, 5) is 28.0.